The van der Waals surface area contributed by atoms with E-state index in [4.69, 9.17) is 4.74 Å². The van der Waals surface area contributed by atoms with Gasteiger partial charge in [-0.2, -0.15) is 0 Å². The molecule has 146 valence electrons. The first-order chi connectivity index (χ1) is 12.1. The largest absolute Gasteiger partial charge is 1.00 e. The van der Waals surface area contributed by atoms with Crippen LogP contribution in [-0.2, 0) is 14.3 Å². The molecule has 1 unspecified atom stereocenters. The summed E-state index contributed by atoms with van der Waals surface area (Å²) in [5.41, 5.74) is 0. The molecule has 1 atom stereocenters. The van der Waals surface area contributed by atoms with Gasteiger partial charge in [0.05, 0.1) is 0 Å². The molecule has 0 aliphatic heterocycles. The van der Waals surface area contributed by atoms with E-state index in [1.54, 1.807) is 0 Å². The Bertz CT molecular complexity index is 358. The summed E-state index contributed by atoms with van der Waals surface area (Å²) in [7, 11) is 0. The van der Waals surface area contributed by atoms with Gasteiger partial charge in [0.1, 0.15) is 6.10 Å². The quantitative estimate of drug-likeness (QED) is 0.158. The Hall–Kier alpha value is -0.320. The van der Waals surface area contributed by atoms with E-state index in [9.17, 15) is 14.7 Å². The van der Waals surface area contributed by atoms with Crippen molar-refractivity contribution < 1.29 is 49.0 Å². The number of hydrogen-bond acceptors (Lipinski definition) is 4. The van der Waals surface area contributed by atoms with E-state index in [2.05, 4.69) is 13.5 Å². The second-order valence-corrected chi connectivity index (χ2v) is 6.85. The Morgan fingerprint density at radius 1 is 0.885 bits per heavy atom. The van der Waals surface area contributed by atoms with Crippen molar-refractivity contribution in [2.45, 2.75) is 109 Å². The first-order valence-corrected chi connectivity index (χ1v) is 10.1. The fourth-order valence-corrected chi connectivity index (χ4v) is 2.98. The number of aliphatic carboxylic acids is 1. The third kappa shape index (κ3) is 20.0. The van der Waals surface area contributed by atoms with E-state index in [-0.39, 0.29) is 48.1 Å². The van der Waals surface area contributed by atoms with Crippen LogP contribution in [-0.4, -0.2) is 18.0 Å². The van der Waals surface area contributed by atoms with E-state index in [1.165, 1.54) is 38.2 Å². The van der Waals surface area contributed by atoms with Crippen LogP contribution in [0.25, 0.3) is 0 Å². The van der Waals surface area contributed by atoms with Gasteiger partial charge in [-0.15, -0.1) is 0 Å². The summed E-state index contributed by atoms with van der Waals surface area (Å²) < 4.78 is 5.47. The van der Waals surface area contributed by atoms with Crippen LogP contribution in [0, 0.1) is 0 Å². The summed E-state index contributed by atoms with van der Waals surface area (Å²) in [6.45, 7) is 5.69. The number of carboxylic acid groups (broad SMARTS) is 1. The number of carboxylic acids is 1. The number of hydrogen-bond donors (Lipinski definition) is 0. The monoisotopic (exact) mass is 376 g/mol. The van der Waals surface area contributed by atoms with Crippen molar-refractivity contribution in [1.82, 2.24) is 0 Å². The summed E-state index contributed by atoms with van der Waals surface area (Å²) in [5, 5.41) is 10.3. The molecule has 0 spiro atoms. The van der Waals surface area contributed by atoms with E-state index in [0.717, 1.165) is 51.4 Å². The maximum Gasteiger partial charge on any atom is 1.00 e. The molecule has 0 saturated carbocycles. The second kappa shape index (κ2) is 21.0. The van der Waals surface area contributed by atoms with Crippen molar-refractivity contribution in [2.24, 2.45) is 0 Å². The topological polar surface area (TPSA) is 66.4 Å². The number of esters is 1. The Morgan fingerprint density at radius 2 is 1.35 bits per heavy atom. The molecule has 0 aliphatic rings. The predicted molar refractivity (Wildman–Crippen MR) is 100 cm³/mol. The van der Waals surface area contributed by atoms with E-state index in [0.29, 0.717) is 6.42 Å². The average molecular weight is 377 g/mol. The molecular weight excluding hydrogens is 339 g/mol. The van der Waals surface area contributed by atoms with Crippen molar-refractivity contribution in [3.8, 4) is 0 Å². The molecule has 0 radical (unpaired) electrons. The van der Waals surface area contributed by atoms with Gasteiger partial charge in [0.2, 0.25) is 0 Å². The van der Waals surface area contributed by atoms with E-state index < -0.39 is 5.97 Å². The van der Waals surface area contributed by atoms with Crippen LogP contribution < -0.4 is 34.7 Å². The smallest absolute Gasteiger partial charge is 0.550 e. The predicted octanol–water partition coefficient (Wildman–Crippen LogP) is 1.71. The third-order valence-corrected chi connectivity index (χ3v) is 4.49. The molecule has 0 aromatic carbocycles. The molecule has 0 N–H and O–H groups in total. The molecule has 0 amide bonds. The number of unbranched alkanes of at least 4 members (excludes halogenated alkanes) is 10. The fraction of sp³-hybridized carbons (Fsp3) is 0.810. The Labute approximate surface area is 182 Å². The maximum absolute atomic E-state index is 11.5. The molecule has 0 aromatic heterocycles. The van der Waals surface area contributed by atoms with Gasteiger partial charge in [0.25, 0.3) is 0 Å². The van der Waals surface area contributed by atoms with Crippen LogP contribution >= 0.6 is 0 Å². The first-order valence-electron chi connectivity index (χ1n) is 10.1. The van der Waals surface area contributed by atoms with Gasteiger partial charge >= 0.3 is 35.5 Å². The van der Waals surface area contributed by atoms with Crippen molar-refractivity contribution in [3.05, 3.63) is 12.7 Å². The fourth-order valence-electron chi connectivity index (χ4n) is 2.98. The summed E-state index contributed by atoms with van der Waals surface area (Å²) in [4.78, 5) is 21.8. The summed E-state index contributed by atoms with van der Waals surface area (Å²) in [6.07, 6.45) is 16.7. The molecular formula is C21H37NaO4. The van der Waals surface area contributed by atoms with E-state index >= 15 is 0 Å². The van der Waals surface area contributed by atoms with Crippen LogP contribution in [0.2, 0.25) is 0 Å². The Balaban J connectivity index is 0. The van der Waals surface area contributed by atoms with Crippen molar-refractivity contribution in [1.29, 1.82) is 0 Å². The number of rotatable bonds is 18. The first kappa shape index (κ1) is 27.9. The molecule has 0 aromatic rings. The van der Waals surface area contributed by atoms with E-state index in [1.807, 2.05) is 0 Å². The average Bonchev–Trinajstić information content (AvgIpc) is 2.59. The third-order valence-electron chi connectivity index (χ3n) is 4.49. The second-order valence-electron chi connectivity index (χ2n) is 6.85. The van der Waals surface area contributed by atoms with Gasteiger partial charge in [-0.05, 0) is 38.5 Å². The standard InChI is InChI=1S/C21H38O4.Na/c1-3-5-6-7-10-13-16-19(25-21(24)4-2)17-14-11-8-9-12-15-18-20(22)23;/h4,19H,2-3,5-18H2,1H3,(H,22,23);/q;+1/p-1. The SMILES string of the molecule is C=CC(=O)OC(CCCCCCCC)CCCCCCCCC(=O)[O-].[Na+]. The molecule has 0 heterocycles. The van der Waals surface area contributed by atoms with Crippen LogP contribution in [0.15, 0.2) is 12.7 Å². The molecule has 0 saturated heterocycles. The van der Waals surface area contributed by atoms with Crippen LogP contribution in [0.3, 0.4) is 0 Å². The maximum atomic E-state index is 11.5. The number of carbonyl (C=O) groups is 2. The molecule has 5 heteroatoms. The zero-order valence-corrected chi connectivity index (χ0v) is 19.1. The minimum atomic E-state index is -0.957. The molecule has 0 fully saturated rings. The summed E-state index contributed by atoms with van der Waals surface area (Å²) in [6, 6.07) is 0. The van der Waals surface area contributed by atoms with Crippen molar-refractivity contribution >= 4 is 11.9 Å². The minimum absolute atomic E-state index is 0. The van der Waals surface area contributed by atoms with Crippen LogP contribution in [0.1, 0.15) is 103 Å². The van der Waals surface area contributed by atoms with Crippen LogP contribution in [0.4, 0.5) is 0 Å². The molecule has 0 aliphatic carbocycles. The zero-order chi connectivity index (χ0) is 18.8. The van der Waals surface area contributed by atoms with Crippen LogP contribution in [0.5, 0.6) is 0 Å². The van der Waals surface area contributed by atoms with Crippen molar-refractivity contribution in [3.63, 3.8) is 0 Å². The Morgan fingerprint density at radius 3 is 1.81 bits per heavy atom. The van der Waals surface area contributed by atoms with Gasteiger partial charge in [-0.3, -0.25) is 0 Å². The molecule has 26 heavy (non-hydrogen) atoms. The number of ether oxygens (including phenoxy) is 1. The van der Waals surface area contributed by atoms with Gasteiger partial charge in [-0.1, -0.05) is 71.3 Å². The number of carbonyl (C=O) groups excluding carboxylic acids is 2. The normalized spacial score (nSPS) is 11.4. The van der Waals surface area contributed by atoms with Gasteiger partial charge in [0.15, 0.2) is 0 Å². The zero-order valence-electron chi connectivity index (χ0n) is 17.1. The summed E-state index contributed by atoms with van der Waals surface area (Å²) in [5.74, 6) is -1.28. The van der Waals surface area contributed by atoms with Gasteiger partial charge in [-0.25, -0.2) is 4.79 Å². The molecule has 0 bridgehead atoms. The summed E-state index contributed by atoms with van der Waals surface area (Å²) >= 11 is 0. The Kier molecular flexibility index (Phi) is 22.5. The molecule has 0 rings (SSSR count). The molecule has 4 nitrogen and oxygen atoms in total. The van der Waals surface area contributed by atoms with Gasteiger partial charge in [0, 0.05) is 12.0 Å². The minimum Gasteiger partial charge on any atom is -0.550 e. The van der Waals surface area contributed by atoms with Gasteiger partial charge < -0.3 is 14.6 Å². The van der Waals surface area contributed by atoms with Crippen molar-refractivity contribution in [2.75, 3.05) is 0 Å².